The summed E-state index contributed by atoms with van der Waals surface area (Å²) in [6, 6.07) is 22.0. The van der Waals surface area contributed by atoms with Crippen LogP contribution in [0.15, 0.2) is 96.3 Å². The topological polar surface area (TPSA) is 123 Å². The first-order chi connectivity index (χ1) is 21.2. The number of benzene rings is 3. The van der Waals surface area contributed by atoms with Crippen molar-refractivity contribution < 1.29 is 21.6 Å². The van der Waals surface area contributed by atoms with Crippen molar-refractivity contribution in [3.63, 3.8) is 0 Å². The van der Waals surface area contributed by atoms with Crippen LogP contribution >= 0.6 is 23.2 Å². The van der Waals surface area contributed by atoms with E-state index in [4.69, 9.17) is 27.9 Å². The summed E-state index contributed by atoms with van der Waals surface area (Å²) in [6.45, 7) is 3.01. The van der Waals surface area contributed by atoms with Crippen LogP contribution < -0.4 is 10.1 Å². The third-order valence-corrected chi connectivity index (χ3v) is 11.8. The van der Waals surface area contributed by atoms with Gasteiger partial charge < -0.3 is 14.6 Å². The fraction of sp³-hybridized carbons (Fsp3) is 0.226. The van der Waals surface area contributed by atoms with Gasteiger partial charge in [0.15, 0.2) is 15.7 Å². The fourth-order valence-electron chi connectivity index (χ4n) is 4.55. The largest absolute Gasteiger partial charge is 0.456 e. The van der Waals surface area contributed by atoms with Gasteiger partial charge >= 0.3 is 0 Å². The molecule has 0 unspecified atom stereocenters. The molecule has 3 aromatic carbocycles. The molecule has 45 heavy (non-hydrogen) atoms. The zero-order chi connectivity index (χ0) is 32.4. The molecule has 0 saturated carbocycles. The third-order valence-electron chi connectivity index (χ3n) is 7.30. The van der Waals surface area contributed by atoms with Crippen molar-refractivity contribution in [3.8, 4) is 11.5 Å². The minimum absolute atomic E-state index is 0.00431. The van der Waals surface area contributed by atoms with Crippen LogP contribution in [0.1, 0.15) is 13.8 Å². The number of sulfone groups is 1. The van der Waals surface area contributed by atoms with Crippen molar-refractivity contribution in [2.45, 2.75) is 30.0 Å². The van der Waals surface area contributed by atoms with Crippen LogP contribution in [0.4, 0.5) is 11.5 Å². The van der Waals surface area contributed by atoms with Gasteiger partial charge in [-0.2, -0.15) is 4.31 Å². The van der Waals surface area contributed by atoms with E-state index in [2.05, 4.69) is 15.3 Å². The van der Waals surface area contributed by atoms with Gasteiger partial charge in [0, 0.05) is 42.8 Å². The molecular weight excluding hydrogens is 657 g/mol. The van der Waals surface area contributed by atoms with Gasteiger partial charge in [-0.05, 0) is 68.4 Å². The van der Waals surface area contributed by atoms with Gasteiger partial charge in [-0.15, -0.1) is 0 Å². The van der Waals surface area contributed by atoms with E-state index >= 15 is 0 Å². The number of hydrogen-bond acceptors (Lipinski definition) is 8. The van der Waals surface area contributed by atoms with Crippen molar-refractivity contribution in [1.82, 2.24) is 18.8 Å². The molecular formula is C31H31Cl2N5O5S2. The van der Waals surface area contributed by atoms with E-state index in [1.165, 1.54) is 36.6 Å². The number of fused-ring (bicyclic) bond motifs is 1. The molecule has 1 N–H and O–H groups in total. The van der Waals surface area contributed by atoms with E-state index in [0.29, 0.717) is 44.1 Å². The first kappa shape index (κ1) is 32.7. The molecule has 0 atom stereocenters. The van der Waals surface area contributed by atoms with Gasteiger partial charge in [-0.25, -0.2) is 26.8 Å². The number of halogens is 2. The van der Waals surface area contributed by atoms with Crippen LogP contribution in [0.3, 0.4) is 0 Å². The van der Waals surface area contributed by atoms with E-state index in [9.17, 15) is 16.8 Å². The van der Waals surface area contributed by atoms with Crippen molar-refractivity contribution in [1.29, 1.82) is 0 Å². The Labute approximate surface area is 272 Å². The summed E-state index contributed by atoms with van der Waals surface area (Å²) in [5, 5.41) is 4.17. The molecule has 2 heterocycles. The standard InChI is InChI=1S/C31H31Cl2N5O5S2/c1-31(2,44(3,39)40)20-38(45(41,42)25-10-5-4-6-11-25)17-16-37-15-14-27-29(37)30(35-21-34-27)36-23-12-13-28(26(33)19-23)43-24-9-7-8-22(32)18-24/h4-15,18-19,21H,16-17,20H2,1-3H3,(H,34,35,36). The summed E-state index contributed by atoms with van der Waals surface area (Å²) < 4.78 is 60.1. The maximum absolute atomic E-state index is 13.7. The zero-order valence-electron chi connectivity index (χ0n) is 24.7. The Morgan fingerprint density at radius 1 is 0.933 bits per heavy atom. The summed E-state index contributed by atoms with van der Waals surface area (Å²) >= 11 is 12.6. The summed E-state index contributed by atoms with van der Waals surface area (Å²) in [5.41, 5.74) is 1.90. The second-order valence-electron chi connectivity index (χ2n) is 11.0. The van der Waals surface area contributed by atoms with Crippen molar-refractivity contribution in [3.05, 3.63) is 101 Å². The Kier molecular flexibility index (Phi) is 9.43. The predicted molar refractivity (Wildman–Crippen MR) is 178 cm³/mol. The first-order valence-corrected chi connectivity index (χ1v) is 17.9. The Balaban J connectivity index is 1.41. The van der Waals surface area contributed by atoms with Gasteiger partial charge in [-0.1, -0.05) is 47.5 Å². The Morgan fingerprint density at radius 3 is 2.38 bits per heavy atom. The molecule has 236 valence electrons. The van der Waals surface area contributed by atoms with Gasteiger partial charge in [0.2, 0.25) is 10.0 Å². The lowest BCUT2D eigenvalue weighted by Gasteiger charge is -2.31. The second kappa shape index (κ2) is 13.0. The summed E-state index contributed by atoms with van der Waals surface area (Å²) in [6.07, 6.45) is 4.32. The number of nitrogens with zero attached hydrogens (tertiary/aromatic N) is 4. The summed E-state index contributed by atoms with van der Waals surface area (Å²) in [7, 11) is -7.60. The van der Waals surface area contributed by atoms with Gasteiger partial charge in [0.1, 0.15) is 23.3 Å². The number of anilines is 2. The van der Waals surface area contributed by atoms with Crippen LogP contribution in [-0.4, -0.2) is 59.8 Å². The minimum Gasteiger partial charge on any atom is -0.456 e. The van der Waals surface area contributed by atoms with Crippen LogP contribution in [0.25, 0.3) is 11.0 Å². The van der Waals surface area contributed by atoms with E-state index in [0.717, 1.165) is 6.26 Å². The number of hydrogen-bond donors (Lipinski definition) is 1. The highest BCUT2D eigenvalue weighted by molar-refractivity contribution is 7.92. The van der Waals surface area contributed by atoms with Gasteiger partial charge in [0.25, 0.3) is 0 Å². The average Bonchev–Trinajstić information content (AvgIpc) is 3.40. The average molecular weight is 689 g/mol. The summed E-state index contributed by atoms with van der Waals surface area (Å²) in [4.78, 5) is 8.88. The molecule has 0 fully saturated rings. The smallest absolute Gasteiger partial charge is 0.243 e. The molecule has 5 aromatic rings. The minimum atomic E-state index is -4.02. The SMILES string of the molecule is CC(C)(CN(CCn1ccc2ncnc(Nc3ccc(Oc4cccc(Cl)c4)c(Cl)c3)c21)S(=O)(=O)c1ccccc1)S(C)(=O)=O. The Morgan fingerprint density at radius 2 is 1.69 bits per heavy atom. The lowest BCUT2D eigenvalue weighted by Crippen LogP contribution is -2.47. The van der Waals surface area contributed by atoms with E-state index in [-0.39, 0.29) is 24.5 Å². The molecule has 0 radical (unpaired) electrons. The number of sulfonamides is 1. The number of aromatic nitrogens is 3. The Hall–Kier alpha value is -3.68. The van der Waals surface area contributed by atoms with Gasteiger partial charge in [0.05, 0.1) is 20.2 Å². The molecule has 0 amide bonds. The number of rotatable bonds is 12. The lowest BCUT2D eigenvalue weighted by molar-refractivity contribution is 0.361. The molecule has 0 bridgehead atoms. The molecule has 0 aliphatic carbocycles. The maximum Gasteiger partial charge on any atom is 0.243 e. The molecule has 0 aliphatic heterocycles. The van der Waals surface area contributed by atoms with E-state index in [1.54, 1.807) is 72.9 Å². The number of ether oxygens (including phenoxy) is 1. The van der Waals surface area contributed by atoms with Crippen LogP contribution in [0, 0.1) is 0 Å². The highest BCUT2D eigenvalue weighted by Gasteiger charge is 2.37. The molecule has 14 heteroatoms. The molecule has 0 saturated heterocycles. The summed E-state index contributed by atoms with van der Waals surface area (Å²) in [5.74, 6) is 1.46. The fourth-order valence-corrected chi connectivity index (χ4v) is 7.04. The maximum atomic E-state index is 13.7. The zero-order valence-corrected chi connectivity index (χ0v) is 27.8. The van der Waals surface area contributed by atoms with E-state index in [1.807, 2.05) is 4.57 Å². The van der Waals surface area contributed by atoms with Crippen molar-refractivity contribution in [2.75, 3.05) is 24.7 Å². The lowest BCUT2D eigenvalue weighted by atomic mass is 10.2. The molecule has 10 nitrogen and oxygen atoms in total. The molecule has 0 spiro atoms. The highest BCUT2D eigenvalue weighted by Crippen LogP contribution is 2.34. The Bertz CT molecular complexity index is 2050. The first-order valence-electron chi connectivity index (χ1n) is 13.8. The second-order valence-corrected chi connectivity index (χ2v) is 16.4. The quantitative estimate of drug-likeness (QED) is 0.152. The molecule has 2 aromatic heterocycles. The van der Waals surface area contributed by atoms with Crippen molar-refractivity contribution >= 4 is 65.6 Å². The normalized spacial score (nSPS) is 12.5. The van der Waals surface area contributed by atoms with Gasteiger partial charge in [-0.3, -0.25) is 0 Å². The van der Waals surface area contributed by atoms with Crippen LogP contribution in [-0.2, 0) is 26.4 Å². The number of nitrogens with one attached hydrogen (secondary N) is 1. The van der Waals surface area contributed by atoms with Crippen LogP contribution in [0.5, 0.6) is 11.5 Å². The van der Waals surface area contributed by atoms with E-state index < -0.39 is 24.6 Å². The monoisotopic (exact) mass is 687 g/mol. The van der Waals surface area contributed by atoms with Crippen molar-refractivity contribution in [2.24, 2.45) is 0 Å². The predicted octanol–water partition coefficient (Wildman–Crippen LogP) is 6.79. The van der Waals surface area contributed by atoms with Crippen LogP contribution in [0.2, 0.25) is 10.0 Å². The highest BCUT2D eigenvalue weighted by atomic mass is 35.5. The molecule has 5 rings (SSSR count). The molecule has 0 aliphatic rings. The third kappa shape index (κ3) is 7.42.